The molecule has 1 atom stereocenters. The van der Waals surface area contributed by atoms with Crippen molar-refractivity contribution in [2.45, 2.75) is 52.1 Å². The highest BCUT2D eigenvalue weighted by molar-refractivity contribution is 7.89. The van der Waals surface area contributed by atoms with Crippen molar-refractivity contribution in [1.82, 2.24) is 10.0 Å². The Labute approximate surface area is 115 Å². The van der Waals surface area contributed by atoms with Gasteiger partial charge in [-0.15, -0.1) is 0 Å². The third kappa shape index (κ3) is 4.33. The molecule has 0 aliphatic rings. The molecule has 0 radical (unpaired) electrons. The number of sulfonamides is 1. The fraction of sp³-hybridized carbons (Fsp3) is 0.692. The summed E-state index contributed by atoms with van der Waals surface area (Å²) in [5.41, 5.74) is 0. The minimum absolute atomic E-state index is 0.114. The zero-order valence-corrected chi connectivity index (χ0v) is 13.1. The van der Waals surface area contributed by atoms with Gasteiger partial charge >= 0.3 is 0 Å². The first kappa shape index (κ1) is 16.2. The molecular weight excluding hydrogens is 264 g/mol. The molecule has 0 aliphatic heterocycles. The van der Waals surface area contributed by atoms with Crippen LogP contribution < -0.4 is 10.0 Å². The number of hydrogen-bond donors (Lipinski definition) is 2. The van der Waals surface area contributed by atoms with E-state index in [0.29, 0.717) is 18.1 Å². The molecule has 0 saturated carbocycles. The fourth-order valence-electron chi connectivity index (χ4n) is 1.57. The van der Waals surface area contributed by atoms with Gasteiger partial charge in [0.2, 0.25) is 10.0 Å². The Kier molecular flexibility index (Phi) is 5.58. The van der Waals surface area contributed by atoms with Gasteiger partial charge in [-0.25, -0.2) is 13.1 Å². The molecule has 0 aromatic carbocycles. The highest BCUT2D eigenvalue weighted by atomic mass is 32.2. The molecule has 1 rings (SSSR count). The van der Waals surface area contributed by atoms with Crippen LogP contribution in [0.25, 0.3) is 0 Å². The predicted octanol–water partition coefficient (Wildman–Crippen LogP) is 2.02. The van der Waals surface area contributed by atoms with Crippen LogP contribution in [0, 0.1) is 12.8 Å². The molecule has 110 valence electrons. The maximum absolute atomic E-state index is 12.3. The summed E-state index contributed by atoms with van der Waals surface area (Å²) in [5, 5.41) is 3.11. The number of hydrogen-bond acceptors (Lipinski definition) is 4. The SMILES string of the molecule is CCNCc1cc(S(=O)(=O)NC(C)C(C)C)c(C)o1. The van der Waals surface area contributed by atoms with Crippen LogP contribution in [0.1, 0.15) is 39.2 Å². The summed E-state index contributed by atoms with van der Waals surface area (Å²) in [6.45, 7) is 10.8. The average Bonchev–Trinajstić information content (AvgIpc) is 2.68. The smallest absolute Gasteiger partial charge is 0.244 e. The maximum Gasteiger partial charge on any atom is 0.244 e. The third-order valence-electron chi connectivity index (χ3n) is 3.10. The molecule has 5 nitrogen and oxygen atoms in total. The molecule has 0 amide bonds. The summed E-state index contributed by atoms with van der Waals surface area (Å²) >= 11 is 0. The molecule has 0 spiro atoms. The molecule has 6 heteroatoms. The third-order valence-corrected chi connectivity index (χ3v) is 4.77. The van der Waals surface area contributed by atoms with Crippen LogP contribution in [0.15, 0.2) is 15.4 Å². The second-order valence-corrected chi connectivity index (χ2v) is 6.75. The number of nitrogens with one attached hydrogen (secondary N) is 2. The van der Waals surface area contributed by atoms with E-state index in [1.165, 1.54) is 0 Å². The Morgan fingerprint density at radius 2 is 1.95 bits per heavy atom. The molecule has 2 N–H and O–H groups in total. The Hall–Kier alpha value is -0.850. The lowest BCUT2D eigenvalue weighted by Crippen LogP contribution is -2.36. The molecule has 0 bridgehead atoms. The second kappa shape index (κ2) is 6.54. The molecule has 0 fully saturated rings. The largest absolute Gasteiger partial charge is 0.464 e. The van der Waals surface area contributed by atoms with Crippen LogP contribution in [0.5, 0.6) is 0 Å². The van der Waals surface area contributed by atoms with E-state index in [-0.39, 0.29) is 16.9 Å². The molecule has 0 saturated heterocycles. The summed E-state index contributed by atoms with van der Waals surface area (Å²) in [7, 11) is -3.51. The molecule has 1 heterocycles. The lowest BCUT2D eigenvalue weighted by molar-refractivity contribution is 0.457. The van der Waals surface area contributed by atoms with E-state index in [2.05, 4.69) is 10.0 Å². The monoisotopic (exact) mass is 288 g/mol. The number of furan rings is 1. The lowest BCUT2D eigenvalue weighted by atomic mass is 10.1. The van der Waals surface area contributed by atoms with Gasteiger partial charge in [-0.1, -0.05) is 20.8 Å². The van der Waals surface area contributed by atoms with E-state index in [1.807, 2.05) is 27.7 Å². The fourth-order valence-corrected chi connectivity index (χ4v) is 3.17. The summed E-state index contributed by atoms with van der Waals surface area (Å²) < 4.78 is 32.7. The van der Waals surface area contributed by atoms with Crippen LogP contribution in [-0.4, -0.2) is 21.0 Å². The van der Waals surface area contributed by atoms with Gasteiger partial charge < -0.3 is 9.73 Å². The first-order valence-electron chi connectivity index (χ1n) is 6.60. The zero-order valence-electron chi connectivity index (χ0n) is 12.3. The Morgan fingerprint density at radius 1 is 1.32 bits per heavy atom. The van der Waals surface area contributed by atoms with Crippen LogP contribution in [0.3, 0.4) is 0 Å². The van der Waals surface area contributed by atoms with Crippen molar-refractivity contribution in [3.8, 4) is 0 Å². The van der Waals surface area contributed by atoms with Gasteiger partial charge in [0, 0.05) is 12.1 Å². The van der Waals surface area contributed by atoms with Gasteiger partial charge in [-0.3, -0.25) is 0 Å². The van der Waals surface area contributed by atoms with E-state index in [0.717, 1.165) is 6.54 Å². The molecule has 1 aromatic heterocycles. The quantitative estimate of drug-likeness (QED) is 0.805. The van der Waals surface area contributed by atoms with Crippen molar-refractivity contribution < 1.29 is 12.8 Å². The number of aryl methyl sites for hydroxylation is 1. The molecule has 19 heavy (non-hydrogen) atoms. The first-order valence-corrected chi connectivity index (χ1v) is 8.08. The van der Waals surface area contributed by atoms with E-state index < -0.39 is 10.0 Å². The van der Waals surface area contributed by atoms with Crippen LogP contribution >= 0.6 is 0 Å². The Morgan fingerprint density at radius 3 is 2.47 bits per heavy atom. The van der Waals surface area contributed by atoms with Crippen molar-refractivity contribution in [3.05, 3.63) is 17.6 Å². The minimum Gasteiger partial charge on any atom is -0.464 e. The molecular formula is C13H24N2O3S. The standard InChI is InChI=1S/C13H24N2O3S/c1-6-14-8-12-7-13(11(5)18-12)19(16,17)15-10(4)9(2)3/h7,9-10,14-15H,6,8H2,1-5H3. The minimum atomic E-state index is -3.51. The summed E-state index contributed by atoms with van der Waals surface area (Å²) in [6.07, 6.45) is 0. The highest BCUT2D eigenvalue weighted by Crippen LogP contribution is 2.20. The maximum atomic E-state index is 12.3. The lowest BCUT2D eigenvalue weighted by Gasteiger charge is -2.16. The van der Waals surface area contributed by atoms with Gasteiger partial charge in [-0.05, 0) is 26.3 Å². The second-order valence-electron chi connectivity index (χ2n) is 5.07. The van der Waals surface area contributed by atoms with Crippen molar-refractivity contribution in [2.75, 3.05) is 6.54 Å². The summed E-state index contributed by atoms with van der Waals surface area (Å²) in [5.74, 6) is 1.30. The summed E-state index contributed by atoms with van der Waals surface area (Å²) in [4.78, 5) is 0.230. The van der Waals surface area contributed by atoms with E-state index in [4.69, 9.17) is 4.42 Å². The van der Waals surface area contributed by atoms with Crippen molar-refractivity contribution in [2.24, 2.45) is 5.92 Å². The van der Waals surface area contributed by atoms with Gasteiger partial charge in [0.05, 0.1) is 6.54 Å². The van der Waals surface area contributed by atoms with Gasteiger partial charge in [0.1, 0.15) is 16.4 Å². The Balaban J connectivity index is 2.92. The summed E-state index contributed by atoms with van der Waals surface area (Å²) in [6, 6.07) is 1.48. The van der Waals surface area contributed by atoms with E-state index in [9.17, 15) is 8.42 Å². The average molecular weight is 288 g/mol. The van der Waals surface area contributed by atoms with Gasteiger partial charge in [0.25, 0.3) is 0 Å². The van der Waals surface area contributed by atoms with Crippen LogP contribution in [-0.2, 0) is 16.6 Å². The van der Waals surface area contributed by atoms with Gasteiger partial charge in [-0.2, -0.15) is 0 Å². The van der Waals surface area contributed by atoms with Crippen LogP contribution in [0.4, 0.5) is 0 Å². The normalized spacial score (nSPS) is 14.0. The first-order chi connectivity index (χ1) is 8.77. The molecule has 0 aliphatic carbocycles. The molecule has 1 aromatic rings. The van der Waals surface area contributed by atoms with E-state index in [1.54, 1.807) is 13.0 Å². The van der Waals surface area contributed by atoms with Crippen molar-refractivity contribution in [1.29, 1.82) is 0 Å². The van der Waals surface area contributed by atoms with Crippen molar-refractivity contribution >= 4 is 10.0 Å². The molecule has 1 unspecified atom stereocenters. The zero-order chi connectivity index (χ0) is 14.6. The van der Waals surface area contributed by atoms with Gasteiger partial charge in [0.15, 0.2) is 0 Å². The number of rotatable bonds is 7. The predicted molar refractivity (Wildman–Crippen MR) is 75.4 cm³/mol. The van der Waals surface area contributed by atoms with Crippen LogP contribution in [0.2, 0.25) is 0 Å². The highest BCUT2D eigenvalue weighted by Gasteiger charge is 2.24. The topological polar surface area (TPSA) is 71.3 Å². The Bertz CT molecular complexity index is 506. The van der Waals surface area contributed by atoms with Crippen molar-refractivity contribution in [3.63, 3.8) is 0 Å². The van der Waals surface area contributed by atoms with E-state index >= 15 is 0 Å².